The number of nitrogens with one attached hydrogen (secondary N) is 1. The number of carbonyl (C=O) groups is 1. The minimum Gasteiger partial charge on any atom is -0.379 e. The van der Waals surface area contributed by atoms with E-state index in [1.165, 1.54) is 0 Å². The van der Waals surface area contributed by atoms with Crippen molar-refractivity contribution in [2.75, 3.05) is 39.5 Å². The highest BCUT2D eigenvalue weighted by atomic mass is 16.5. The van der Waals surface area contributed by atoms with Gasteiger partial charge < -0.3 is 14.8 Å². The maximum atomic E-state index is 12.2. The van der Waals surface area contributed by atoms with Crippen molar-refractivity contribution in [2.45, 2.75) is 45.3 Å². The number of rotatable bonds is 5. The van der Waals surface area contributed by atoms with Crippen LogP contribution in [0.15, 0.2) is 0 Å². The SMILES string of the molecule is CC(C)CC1OCCCC1NC(=O)CN1CCOCC1. The van der Waals surface area contributed by atoms with Gasteiger partial charge in [-0.25, -0.2) is 0 Å². The Morgan fingerprint density at radius 1 is 1.30 bits per heavy atom. The van der Waals surface area contributed by atoms with Crippen LogP contribution in [0.1, 0.15) is 33.1 Å². The lowest BCUT2D eigenvalue weighted by Crippen LogP contribution is -2.51. The first-order valence-electron chi connectivity index (χ1n) is 7.86. The van der Waals surface area contributed by atoms with Crippen LogP contribution in [0.2, 0.25) is 0 Å². The largest absolute Gasteiger partial charge is 0.379 e. The molecule has 2 unspecified atom stereocenters. The molecule has 0 saturated carbocycles. The van der Waals surface area contributed by atoms with E-state index >= 15 is 0 Å². The van der Waals surface area contributed by atoms with Gasteiger partial charge in [-0.3, -0.25) is 9.69 Å². The third-order valence-corrected chi connectivity index (χ3v) is 3.96. The van der Waals surface area contributed by atoms with Gasteiger partial charge in [0.2, 0.25) is 5.91 Å². The van der Waals surface area contributed by atoms with Crippen molar-refractivity contribution < 1.29 is 14.3 Å². The molecule has 2 rings (SSSR count). The molecule has 116 valence electrons. The van der Waals surface area contributed by atoms with Gasteiger partial charge in [0, 0.05) is 19.7 Å². The molecule has 2 aliphatic heterocycles. The fraction of sp³-hybridized carbons (Fsp3) is 0.933. The predicted molar refractivity (Wildman–Crippen MR) is 77.6 cm³/mol. The molecule has 0 aliphatic carbocycles. The average Bonchev–Trinajstić information content (AvgIpc) is 2.41. The molecule has 2 heterocycles. The monoisotopic (exact) mass is 284 g/mol. The zero-order valence-electron chi connectivity index (χ0n) is 12.8. The molecular formula is C15H28N2O3. The summed E-state index contributed by atoms with van der Waals surface area (Å²) in [6.07, 6.45) is 3.27. The van der Waals surface area contributed by atoms with Crippen molar-refractivity contribution >= 4 is 5.91 Å². The number of morpholine rings is 1. The van der Waals surface area contributed by atoms with Crippen LogP contribution in [0.5, 0.6) is 0 Å². The van der Waals surface area contributed by atoms with Crippen LogP contribution in [-0.4, -0.2) is 62.4 Å². The third kappa shape index (κ3) is 5.04. The van der Waals surface area contributed by atoms with E-state index in [2.05, 4.69) is 24.1 Å². The first kappa shape index (κ1) is 15.7. The van der Waals surface area contributed by atoms with E-state index in [0.29, 0.717) is 12.5 Å². The van der Waals surface area contributed by atoms with Crippen molar-refractivity contribution in [1.29, 1.82) is 0 Å². The molecule has 5 nitrogen and oxygen atoms in total. The molecule has 0 spiro atoms. The summed E-state index contributed by atoms with van der Waals surface area (Å²) < 4.78 is 11.1. The molecule has 2 atom stereocenters. The highest BCUT2D eigenvalue weighted by Crippen LogP contribution is 2.20. The Balaban J connectivity index is 1.78. The lowest BCUT2D eigenvalue weighted by Gasteiger charge is -2.34. The first-order valence-corrected chi connectivity index (χ1v) is 7.86. The summed E-state index contributed by atoms with van der Waals surface area (Å²) in [6, 6.07) is 0.180. The lowest BCUT2D eigenvalue weighted by atomic mass is 9.95. The summed E-state index contributed by atoms with van der Waals surface area (Å²) in [5.41, 5.74) is 0. The van der Waals surface area contributed by atoms with Gasteiger partial charge in [0.15, 0.2) is 0 Å². The molecule has 0 aromatic heterocycles. The van der Waals surface area contributed by atoms with Crippen LogP contribution in [-0.2, 0) is 14.3 Å². The summed E-state index contributed by atoms with van der Waals surface area (Å²) in [7, 11) is 0. The lowest BCUT2D eigenvalue weighted by molar-refractivity contribution is -0.126. The Bertz CT molecular complexity index is 303. The number of carbonyl (C=O) groups excluding carboxylic acids is 1. The molecule has 2 saturated heterocycles. The molecule has 2 fully saturated rings. The van der Waals surface area contributed by atoms with Gasteiger partial charge in [-0.1, -0.05) is 13.8 Å². The van der Waals surface area contributed by atoms with Crippen molar-refractivity contribution in [3.05, 3.63) is 0 Å². The van der Waals surface area contributed by atoms with Crippen LogP contribution in [0.25, 0.3) is 0 Å². The van der Waals surface area contributed by atoms with Crippen LogP contribution in [0.3, 0.4) is 0 Å². The van der Waals surface area contributed by atoms with E-state index in [1.807, 2.05) is 0 Å². The van der Waals surface area contributed by atoms with E-state index < -0.39 is 0 Å². The zero-order chi connectivity index (χ0) is 14.4. The summed E-state index contributed by atoms with van der Waals surface area (Å²) in [5.74, 6) is 0.716. The topological polar surface area (TPSA) is 50.8 Å². The first-order chi connectivity index (χ1) is 9.65. The molecule has 0 aromatic carbocycles. The molecule has 5 heteroatoms. The quantitative estimate of drug-likeness (QED) is 0.819. The molecular weight excluding hydrogens is 256 g/mol. The maximum Gasteiger partial charge on any atom is 0.234 e. The number of ether oxygens (including phenoxy) is 2. The highest BCUT2D eigenvalue weighted by Gasteiger charge is 2.28. The minimum atomic E-state index is 0.121. The second kappa shape index (κ2) is 7.96. The molecule has 2 aliphatic rings. The van der Waals surface area contributed by atoms with Gasteiger partial charge in [-0.15, -0.1) is 0 Å². The molecule has 0 aromatic rings. The third-order valence-electron chi connectivity index (χ3n) is 3.96. The van der Waals surface area contributed by atoms with E-state index in [0.717, 1.165) is 52.2 Å². The van der Waals surface area contributed by atoms with Crippen molar-refractivity contribution in [2.24, 2.45) is 5.92 Å². The Labute approximate surface area is 122 Å². The van der Waals surface area contributed by atoms with Crippen LogP contribution < -0.4 is 5.32 Å². The Kier molecular flexibility index (Phi) is 6.26. The van der Waals surface area contributed by atoms with Crippen LogP contribution in [0.4, 0.5) is 0 Å². The summed E-state index contributed by atoms with van der Waals surface area (Å²) >= 11 is 0. The Morgan fingerprint density at radius 3 is 2.75 bits per heavy atom. The Hall–Kier alpha value is -0.650. The van der Waals surface area contributed by atoms with Gasteiger partial charge in [-0.2, -0.15) is 0 Å². The maximum absolute atomic E-state index is 12.2. The van der Waals surface area contributed by atoms with E-state index in [4.69, 9.17) is 9.47 Å². The Morgan fingerprint density at radius 2 is 2.05 bits per heavy atom. The van der Waals surface area contributed by atoms with Crippen LogP contribution in [0, 0.1) is 5.92 Å². The van der Waals surface area contributed by atoms with Gasteiger partial charge in [0.1, 0.15) is 0 Å². The van der Waals surface area contributed by atoms with Crippen molar-refractivity contribution in [3.63, 3.8) is 0 Å². The van der Waals surface area contributed by atoms with Gasteiger partial charge in [0.05, 0.1) is 31.9 Å². The predicted octanol–water partition coefficient (Wildman–Crippen LogP) is 1.03. The zero-order valence-corrected chi connectivity index (χ0v) is 12.8. The number of hydrogen-bond acceptors (Lipinski definition) is 4. The molecule has 0 bridgehead atoms. The normalized spacial score (nSPS) is 28.6. The van der Waals surface area contributed by atoms with E-state index in [1.54, 1.807) is 0 Å². The number of amides is 1. The van der Waals surface area contributed by atoms with Gasteiger partial charge in [0.25, 0.3) is 0 Å². The smallest absolute Gasteiger partial charge is 0.234 e. The van der Waals surface area contributed by atoms with Crippen LogP contribution >= 0.6 is 0 Å². The summed E-state index contributed by atoms with van der Waals surface area (Å²) in [6.45, 7) is 8.87. The highest BCUT2D eigenvalue weighted by molar-refractivity contribution is 5.78. The molecule has 1 amide bonds. The molecule has 20 heavy (non-hydrogen) atoms. The van der Waals surface area contributed by atoms with Gasteiger partial charge in [-0.05, 0) is 25.2 Å². The second-order valence-corrected chi connectivity index (χ2v) is 6.24. The summed E-state index contributed by atoms with van der Waals surface area (Å²) in [5, 5.41) is 3.18. The van der Waals surface area contributed by atoms with Crippen molar-refractivity contribution in [1.82, 2.24) is 10.2 Å². The second-order valence-electron chi connectivity index (χ2n) is 6.24. The fourth-order valence-electron chi connectivity index (χ4n) is 2.92. The molecule has 0 radical (unpaired) electrons. The van der Waals surface area contributed by atoms with E-state index in [-0.39, 0.29) is 18.1 Å². The van der Waals surface area contributed by atoms with Crippen molar-refractivity contribution in [3.8, 4) is 0 Å². The number of nitrogens with zero attached hydrogens (tertiary/aromatic N) is 1. The van der Waals surface area contributed by atoms with Gasteiger partial charge >= 0.3 is 0 Å². The average molecular weight is 284 g/mol. The summed E-state index contributed by atoms with van der Waals surface area (Å²) in [4.78, 5) is 14.3. The standard InChI is InChI=1S/C15H28N2O3/c1-12(2)10-14-13(4-3-7-20-14)16-15(18)11-17-5-8-19-9-6-17/h12-14H,3-11H2,1-2H3,(H,16,18). The number of hydrogen-bond donors (Lipinski definition) is 1. The molecule has 1 N–H and O–H groups in total. The minimum absolute atomic E-state index is 0.121. The fourth-order valence-corrected chi connectivity index (χ4v) is 2.92. The van der Waals surface area contributed by atoms with E-state index in [9.17, 15) is 4.79 Å².